The van der Waals surface area contributed by atoms with Gasteiger partial charge in [0.2, 0.25) is 0 Å². The number of ether oxygens (including phenoxy) is 2. The fourth-order valence-corrected chi connectivity index (χ4v) is 1.95. The van der Waals surface area contributed by atoms with E-state index in [1.54, 1.807) is 6.08 Å². The molecule has 0 bridgehead atoms. The maximum Gasteiger partial charge on any atom is 0.161 e. The van der Waals surface area contributed by atoms with Crippen molar-refractivity contribution >= 4 is 0 Å². The molecule has 1 heterocycles. The summed E-state index contributed by atoms with van der Waals surface area (Å²) in [6.45, 7) is 6.49. The molecule has 1 aliphatic rings. The van der Waals surface area contributed by atoms with E-state index in [2.05, 4.69) is 6.92 Å². The second-order valence-corrected chi connectivity index (χ2v) is 4.55. The number of hydrogen-bond donors (Lipinski definition) is 0. The standard InChI is InChI=1S/C13H18N2O2/c1-4-16-12-10(2)5-6-13(3,17-12)7-11(8-14)9-15/h7,10,12H,4-6H2,1-3H3/t10-,12-,13-/m0/s1. The molecule has 1 aliphatic heterocycles. The maximum absolute atomic E-state index is 8.76. The largest absolute Gasteiger partial charge is 0.353 e. The molecule has 1 saturated heterocycles. The second kappa shape index (κ2) is 5.82. The molecular formula is C13H18N2O2. The van der Waals surface area contributed by atoms with Gasteiger partial charge in [-0.1, -0.05) is 6.92 Å². The average Bonchev–Trinajstić information content (AvgIpc) is 2.32. The van der Waals surface area contributed by atoms with Crippen molar-refractivity contribution in [2.75, 3.05) is 6.61 Å². The van der Waals surface area contributed by atoms with Crippen LogP contribution in [-0.4, -0.2) is 18.5 Å². The summed E-state index contributed by atoms with van der Waals surface area (Å²) in [5.74, 6) is 0.337. The summed E-state index contributed by atoms with van der Waals surface area (Å²) >= 11 is 0. The molecule has 0 aromatic carbocycles. The molecule has 0 aromatic rings. The molecule has 3 atom stereocenters. The predicted molar refractivity (Wildman–Crippen MR) is 62.6 cm³/mol. The molecule has 0 saturated carbocycles. The van der Waals surface area contributed by atoms with Gasteiger partial charge in [0.25, 0.3) is 0 Å². The minimum atomic E-state index is -0.576. The van der Waals surface area contributed by atoms with Crippen LogP contribution in [0, 0.1) is 28.6 Å². The van der Waals surface area contributed by atoms with Crippen molar-refractivity contribution in [3.63, 3.8) is 0 Å². The van der Waals surface area contributed by atoms with Crippen LogP contribution < -0.4 is 0 Å². The van der Waals surface area contributed by atoms with Gasteiger partial charge >= 0.3 is 0 Å². The third-order valence-electron chi connectivity index (χ3n) is 2.97. The summed E-state index contributed by atoms with van der Waals surface area (Å²) in [5, 5.41) is 17.5. The number of hydrogen-bond acceptors (Lipinski definition) is 4. The molecule has 1 fully saturated rings. The SMILES string of the molecule is CCO[C@H]1O[C@](C)(C=C(C#N)C#N)CC[C@@H]1C. The van der Waals surface area contributed by atoms with Crippen LogP contribution in [0.2, 0.25) is 0 Å². The summed E-state index contributed by atoms with van der Waals surface area (Å²) < 4.78 is 11.4. The highest BCUT2D eigenvalue weighted by atomic mass is 16.7. The van der Waals surface area contributed by atoms with E-state index in [1.807, 2.05) is 26.0 Å². The molecule has 1 rings (SSSR count). The highest BCUT2D eigenvalue weighted by Crippen LogP contribution is 2.34. The Kier molecular flexibility index (Phi) is 4.69. The van der Waals surface area contributed by atoms with Crippen molar-refractivity contribution < 1.29 is 9.47 Å². The number of nitriles is 2. The van der Waals surface area contributed by atoms with Crippen LogP contribution in [0.3, 0.4) is 0 Å². The quantitative estimate of drug-likeness (QED) is 0.704. The van der Waals surface area contributed by atoms with Crippen LogP contribution in [-0.2, 0) is 9.47 Å². The fraction of sp³-hybridized carbons (Fsp3) is 0.692. The van der Waals surface area contributed by atoms with E-state index in [0.29, 0.717) is 12.5 Å². The van der Waals surface area contributed by atoms with Gasteiger partial charge < -0.3 is 9.47 Å². The van der Waals surface area contributed by atoms with Crippen molar-refractivity contribution in [1.29, 1.82) is 10.5 Å². The van der Waals surface area contributed by atoms with Crippen LogP contribution in [0.5, 0.6) is 0 Å². The van der Waals surface area contributed by atoms with Crippen molar-refractivity contribution in [2.45, 2.75) is 45.5 Å². The van der Waals surface area contributed by atoms with Crippen molar-refractivity contribution in [1.82, 2.24) is 0 Å². The zero-order chi connectivity index (χ0) is 12.9. The average molecular weight is 234 g/mol. The predicted octanol–water partition coefficient (Wildman–Crippen LogP) is 2.53. The van der Waals surface area contributed by atoms with Gasteiger partial charge in [-0.05, 0) is 32.8 Å². The van der Waals surface area contributed by atoms with Gasteiger partial charge in [-0.15, -0.1) is 0 Å². The Hall–Kier alpha value is -1.36. The van der Waals surface area contributed by atoms with Crippen LogP contribution in [0.1, 0.15) is 33.6 Å². The Morgan fingerprint density at radius 3 is 2.71 bits per heavy atom. The molecule has 0 spiro atoms. The van der Waals surface area contributed by atoms with Crippen LogP contribution in [0.25, 0.3) is 0 Å². The molecule has 92 valence electrons. The van der Waals surface area contributed by atoms with E-state index in [-0.39, 0.29) is 11.9 Å². The number of allylic oxidation sites excluding steroid dienone is 1. The Bertz CT molecular complexity index is 362. The van der Waals surface area contributed by atoms with E-state index in [0.717, 1.165) is 12.8 Å². The topological polar surface area (TPSA) is 66.0 Å². The van der Waals surface area contributed by atoms with Crippen LogP contribution >= 0.6 is 0 Å². The molecule has 0 radical (unpaired) electrons. The normalized spacial score (nSPS) is 32.3. The summed E-state index contributed by atoms with van der Waals surface area (Å²) in [5.41, 5.74) is -0.482. The molecule has 0 amide bonds. The zero-order valence-corrected chi connectivity index (χ0v) is 10.6. The molecule has 0 aromatic heterocycles. The third kappa shape index (κ3) is 3.56. The van der Waals surface area contributed by atoms with Crippen molar-refractivity contribution in [2.24, 2.45) is 5.92 Å². The van der Waals surface area contributed by atoms with Crippen molar-refractivity contribution in [3.05, 3.63) is 11.6 Å². The molecule has 17 heavy (non-hydrogen) atoms. The monoisotopic (exact) mass is 234 g/mol. The lowest BCUT2D eigenvalue weighted by Crippen LogP contribution is -2.42. The van der Waals surface area contributed by atoms with E-state index >= 15 is 0 Å². The Labute approximate surface area is 102 Å². The second-order valence-electron chi connectivity index (χ2n) is 4.55. The van der Waals surface area contributed by atoms with Crippen LogP contribution in [0.15, 0.2) is 11.6 Å². The van der Waals surface area contributed by atoms with Gasteiger partial charge in [-0.25, -0.2) is 0 Å². The van der Waals surface area contributed by atoms with Gasteiger partial charge in [0, 0.05) is 12.5 Å². The summed E-state index contributed by atoms with van der Waals surface area (Å²) in [4.78, 5) is 0. The van der Waals surface area contributed by atoms with Crippen LogP contribution in [0.4, 0.5) is 0 Å². The van der Waals surface area contributed by atoms with E-state index in [4.69, 9.17) is 20.0 Å². The Balaban J connectivity index is 2.82. The van der Waals surface area contributed by atoms with Gasteiger partial charge in [0.05, 0.1) is 5.60 Å². The van der Waals surface area contributed by atoms with Crippen molar-refractivity contribution in [3.8, 4) is 12.1 Å². The molecule has 0 unspecified atom stereocenters. The molecule has 0 N–H and O–H groups in total. The first-order chi connectivity index (χ1) is 8.04. The summed E-state index contributed by atoms with van der Waals surface area (Å²) in [6.07, 6.45) is 3.10. The first-order valence-corrected chi connectivity index (χ1v) is 5.87. The van der Waals surface area contributed by atoms with E-state index in [1.165, 1.54) is 0 Å². The lowest BCUT2D eigenvalue weighted by Gasteiger charge is -2.39. The highest BCUT2D eigenvalue weighted by molar-refractivity contribution is 5.37. The lowest BCUT2D eigenvalue weighted by molar-refractivity contribution is -0.236. The molecule has 4 heteroatoms. The van der Waals surface area contributed by atoms with E-state index in [9.17, 15) is 0 Å². The minimum Gasteiger partial charge on any atom is -0.353 e. The van der Waals surface area contributed by atoms with Gasteiger partial charge in [0.1, 0.15) is 17.7 Å². The maximum atomic E-state index is 8.76. The third-order valence-corrected chi connectivity index (χ3v) is 2.97. The molecule has 0 aliphatic carbocycles. The smallest absolute Gasteiger partial charge is 0.161 e. The molecule has 4 nitrogen and oxygen atoms in total. The zero-order valence-electron chi connectivity index (χ0n) is 10.6. The fourth-order valence-electron chi connectivity index (χ4n) is 1.95. The lowest BCUT2D eigenvalue weighted by atomic mass is 9.88. The molecular weight excluding hydrogens is 216 g/mol. The van der Waals surface area contributed by atoms with Gasteiger partial charge in [-0.3, -0.25) is 0 Å². The number of rotatable bonds is 3. The first kappa shape index (κ1) is 13.7. The highest BCUT2D eigenvalue weighted by Gasteiger charge is 2.36. The summed E-state index contributed by atoms with van der Waals surface area (Å²) in [7, 11) is 0. The first-order valence-electron chi connectivity index (χ1n) is 5.87. The van der Waals surface area contributed by atoms with E-state index < -0.39 is 5.60 Å². The Morgan fingerprint density at radius 1 is 1.53 bits per heavy atom. The van der Waals surface area contributed by atoms with Gasteiger partial charge in [-0.2, -0.15) is 10.5 Å². The minimum absolute atomic E-state index is 0.0947. The van der Waals surface area contributed by atoms with Gasteiger partial charge in [0.15, 0.2) is 6.29 Å². The Morgan fingerprint density at radius 2 is 2.18 bits per heavy atom. The number of nitrogens with zero attached hydrogens (tertiary/aromatic N) is 2. The summed E-state index contributed by atoms with van der Waals surface area (Å²) in [6, 6.07) is 3.72.